The first-order chi connectivity index (χ1) is 13.7. The van der Waals surface area contributed by atoms with Crippen molar-refractivity contribution >= 4 is 23.3 Å². The maximum absolute atomic E-state index is 13.0. The molecule has 3 heterocycles. The van der Waals surface area contributed by atoms with Crippen LogP contribution in [0, 0.1) is 0 Å². The third-order valence-corrected chi connectivity index (χ3v) is 5.83. The molecule has 2 aromatic heterocycles. The highest BCUT2D eigenvalue weighted by molar-refractivity contribution is 7.10. The molecule has 0 saturated carbocycles. The van der Waals surface area contributed by atoms with Crippen LogP contribution in [0.3, 0.4) is 0 Å². The van der Waals surface area contributed by atoms with Gasteiger partial charge >= 0.3 is 0 Å². The number of carbonyl (C=O) groups is 1. The number of fused-ring (bicyclic) bond motifs is 1. The number of rotatable bonds is 5. The lowest BCUT2D eigenvalue weighted by molar-refractivity contribution is -0.127. The molecule has 0 bridgehead atoms. The van der Waals surface area contributed by atoms with Gasteiger partial charge in [0.25, 0.3) is 0 Å². The molecule has 0 unspecified atom stereocenters. The van der Waals surface area contributed by atoms with Gasteiger partial charge in [-0.25, -0.2) is 0 Å². The van der Waals surface area contributed by atoms with E-state index in [-0.39, 0.29) is 11.9 Å². The SMILES string of the molecule is COc1cc2c(cc1OC)[C@H](c1cccs1)N(C(=O)/C=C/c1ccco1)CC2. The Hall–Kier alpha value is -2.99. The van der Waals surface area contributed by atoms with Crippen LogP contribution in [-0.2, 0) is 11.2 Å². The van der Waals surface area contributed by atoms with Crippen LogP contribution in [-0.4, -0.2) is 31.6 Å². The fraction of sp³-hybridized carbons (Fsp3) is 0.227. The molecule has 1 aromatic carbocycles. The van der Waals surface area contributed by atoms with Crippen molar-refractivity contribution in [3.05, 3.63) is 75.9 Å². The second kappa shape index (κ2) is 7.94. The highest BCUT2D eigenvalue weighted by Crippen LogP contribution is 2.42. The van der Waals surface area contributed by atoms with Gasteiger partial charge in [0.1, 0.15) is 5.76 Å². The molecule has 3 aromatic rings. The van der Waals surface area contributed by atoms with Gasteiger partial charge in [-0.15, -0.1) is 11.3 Å². The zero-order chi connectivity index (χ0) is 19.5. The van der Waals surface area contributed by atoms with Gasteiger partial charge in [-0.2, -0.15) is 0 Å². The number of methoxy groups -OCH3 is 2. The van der Waals surface area contributed by atoms with Crippen LogP contribution in [0.5, 0.6) is 11.5 Å². The molecule has 1 amide bonds. The van der Waals surface area contributed by atoms with Crippen molar-refractivity contribution in [2.75, 3.05) is 20.8 Å². The molecule has 0 radical (unpaired) electrons. The molecule has 0 N–H and O–H groups in total. The molecule has 5 nitrogen and oxygen atoms in total. The number of ether oxygens (including phenoxy) is 2. The van der Waals surface area contributed by atoms with Gasteiger partial charge in [-0.1, -0.05) is 6.07 Å². The van der Waals surface area contributed by atoms with Crippen molar-refractivity contribution in [1.29, 1.82) is 0 Å². The second-order valence-corrected chi connectivity index (χ2v) is 7.43. The maximum atomic E-state index is 13.0. The summed E-state index contributed by atoms with van der Waals surface area (Å²) in [5.41, 5.74) is 2.25. The van der Waals surface area contributed by atoms with Crippen LogP contribution in [0.15, 0.2) is 58.5 Å². The van der Waals surface area contributed by atoms with Crippen LogP contribution in [0.2, 0.25) is 0 Å². The van der Waals surface area contributed by atoms with Crippen LogP contribution < -0.4 is 9.47 Å². The van der Waals surface area contributed by atoms with Gasteiger partial charge in [0.05, 0.1) is 26.5 Å². The summed E-state index contributed by atoms with van der Waals surface area (Å²) in [6.07, 6.45) is 5.64. The standard InChI is InChI=1S/C22H21NO4S/c1-25-18-13-15-9-10-23(21(24)8-7-16-5-3-11-27-16)22(20-6-4-12-28-20)17(15)14-19(18)26-2/h3-8,11-14,22H,9-10H2,1-2H3/b8-7+/t22-/m1/s1. The van der Waals surface area contributed by atoms with Crippen molar-refractivity contribution in [2.45, 2.75) is 12.5 Å². The van der Waals surface area contributed by atoms with E-state index >= 15 is 0 Å². The summed E-state index contributed by atoms with van der Waals surface area (Å²) in [7, 11) is 3.27. The quantitative estimate of drug-likeness (QED) is 0.595. The minimum atomic E-state index is -0.155. The van der Waals surface area contributed by atoms with Crippen LogP contribution in [0.25, 0.3) is 6.08 Å². The van der Waals surface area contributed by atoms with E-state index in [1.54, 1.807) is 50.0 Å². The minimum absolute atomic E-state index is 0.0461. The summed E-state index contributed by atoms with van der Waals surface area (Å²) in [4.78, 5) is 16.1. The Labute approximate surface area is 167 Å². The highest BCUT2D eigenvalue weighted by Gasteiger charge is 2.33. The zero-order valence-electron chi connectivity index (χ0n) is 15.8. The lowest BCUT2D eigenvalue weighted by atomic mass is 9.90. The van der Waals surface area contributed by atoms with E-state index in [0.29, 0.717) is 23.8 Å². The molecule has 0 saturated heterocycles. The molecule has 6 heteroatoms. The summed E-state index contributed by atoms with van der Waals surface area (Å²) in [6, 6.07) is 11.6. The molecule has 0 fully saturated rings. The Morgan fingerprint density at radius 1 is 1.21 bits per heavy atom. The summed E-state index contributed by atoms with van der Waals surface area (Å²) >= 11 is 1.64. The van der Waals surface area contributed by atoms with E-state index in [4.69, 9.17) is 13.9 Å². The molecule has 144 valence electrons. The van der Waals surface area contributed by atoms with Crippen molar-refractivity contribution in [3.63, 3.8) is 0 Å². The lowest BCUT2D eigenvalue weighted by Gasteiger charge is -2.37. The number of furan rings is 1. The van der Waals surface area contributed by atoms with Crippen molar-refractivity contribution in [2.24, 2.45) is 0 Å². The zero-order valence-corrected chi connectivity index (χ0v) is 16.6. The average molecular weight is 395 g/mol. The van der Waals surface area contributed by atoms with Crippen molar-refractivity contribution in [3.8, 4) is 11.5 Å². The topological polar surface area (TPSA) is 51.9 Å². The number of carbonyl (C=O) groups excluding carboxylic acids is 1. The monoisotopic (exact) mass is 395 g/mol. The normalized spacial score (nSPS) is 16.2. The minimum Gasteiger partial charge on any atom is -0.493 e. The Bertz CT molecular complexity index is 976. The Balaban J connectivity index is 1.73. The first kappa shape index (κ1) is 18.4. The Kier molecular flexibility index (Phi) is 5.21. The molecule has 4 rings (SSSR count). The molecular weight excluding hydrogens is 374 g/mol. The molecule has 1 aliphatic rings. The summed E-state index contributed by atoms with van der Waals surface area (Å²) < 4.78 is 16.3. The molecule has 1 atom stereocenters. The van der Waals surface area contributed by atoms with Gasteiger partial charge in [0.15, 0.2) is 11.5 Å². The van der Waals surface area contributed by atoms with Crippen molar-refractivity contribution < 1.29 is 18.7 Å². The van der Waals surface area contributed by atoms with Crippen LogP contribution >= 0.6 is 11.3 Å². The van der Waals surface area contributed by atoms with Gasteiger partial charge in [-0.3, -0.25) is 4.79 Å². The van der Waals surface area contributed by atoms with E-state index in [1.807, 2.05) is 34.5 Å². The van der Waals surface area contributed by atoms with Gasteiger partial charge in [0.2, 0.25) is 5.91 Å². The molecule has 0 aliphatic carbocycles. The number of amides is 1. The largest absolute Gasteiger partial charge is 0.493 e. The molecule has 1 aliphatic heterocycles. The second-order valence-electron chi connectivity index (χ2n) is 6.45. The van der Waals surface area contributed by atoms with E-state index in [0.717, 1.165) is 16.9 Å². The summed E-state index contributed by atoms with van der Waals surface area (Å²) in [6.45, 7) is 0.631. The molecule has 0 spiro atoms. The van der Waals surface area contributed by atoms with Crippen LogP contribution in [0.4, 0.5) is 0 Å². The van der Waals surface area contributed by atoms with Crippen molar-refractivity contribution in [1.82, 2.24) is 4.90 Å². The predicted octanol–water partition coefficient (Wildman–Crippen LogP) is 4.55. The fourth-order valence-corrected chi connectivity index (χ4v) is 4.43. The van der Waals surface area contributed by atoms with Gasteiger partial charge < -0.3 is 18.8 Å². The predicted molar refractivity (Wildman–Crippen MR) is 109 cm³/mol. The van der Waals surface area contributed by atoms with E-state index in [2.05, 4.69) is 6.07 Å². The highest BCUT2D eigenvalue weighted by atomic mass is 32.1. The third kappa shape index (κ3) is 3.43. The van der Waals surface area contributed by atoms with Gasteiger partial charge in [-0.05, 0) is 59.3 Å². The maximum Gasteiger partial charge on any atom is 0.247 e. The summed E-state index contributed by atoms with van der Waals surface area (Å²) in [5.74, 6) is 1.99. The Morgan fingerprint density at radius 3 is 2.71 bits per heavy atom. The molecular formula is C22H21NO4S. The molecule has 28 heavy (non-hydrogen) atoms. The average Bonchev–Trinajstić information content (AvgIpc) is 3.44. The summed E-state index contributed by atoms with van der Waals surface area (Å²) in [5, 5.41) is 2.03. The van der Waals surface area contributed by atoms with E-state index in [9.17, 15) is 4.79 Å². The Morgan fingerprint density at radius 2 is 2.04 bits per heavy atom. The number of nitrogens with zero attached hydrogens (tertiary/aromatic N) is 1. The fourth-order valence-electron chi connectivity index (χ4n) is 3.57. The lowest BCUT2D eigenvalue weighted by Crippen LogP contribution is -2.39. The van der Waals surface area contributed by atoms with E-state index < -0.39 is 0 Å². The third-order valence-electron chi connectivity index (χ3n) is 4.90. The first-order valence-corrected chi connectivity index (χ1v) is 9.89. The van der Waals surface area contributed by atoms with Crippen LogP contribution in [0.1, 0.15) is 27.8 Å². The number of thiophene rings is 1. The smallest absolute Gasteiger partial charge is 0.247 e. The number of hydrogen-bond donors (Lipinski definition) is 0. The number of benzene rings is 1. The number of hydrogen-bond acceptors (Lipinski definition) is 5. The van der Waals surface area contributed by atoms with Gasteiger partial charge in [0, 0.05) is 17.5 Å². The first-order valence-electron chi connectivity index (χ1n) is 9.01. The van der Waals surface area contributed by atoms with E-state index in [1.165, 1.54) is 5.56 Å².